The maximum atomic E-state index is 8.68. The fourth-order valence-electron chi connectivity index (χ4n) is 1.82. The van der Waals surface area contributed by atoms with E-state index in [0.29, 0.717) is 6.04 Å². The molecule has 12 heavy (non-hydrogen) atoms. The molecule has 1 aliphatic rings. The fourth-order valence-corrected chi connectivity index (χ4v) is 1.82. The zero-order valence-electron chi connectivity index (χ0n) is 8.08. The Kier molecular flexibility index (Phi) is 3.55. The van der Waals surface area contributed by atoms with E-state index in [9.17, 15) is 0 Å². The maximum absolute atomic E-state index is 8.68. The number of hydrogen-bond acceptors (Lipinski definition) is 2. The van der Waals surface area contributed by atoms with Crippen molar-refractivity contribution in [1.82, 2.24) is 4.90 Å². The summed E-state index contributed by atoms with van der Waals surface area (Å²) in [6.45, 7) is 6.41. The van der Waals surface area contributed by atoms with Gasteiger partial charge in [-0.2, -0.15) is 5.26 Å². The van der Waals surface area contributed by atoms with Crippen molar-refractivity contribution in [3.8, 4) is 6.07 Å². The van der Waals surface area contributed by atoms with E-state index in [0.717, 1.165) is 6.54 Å². The molecule has 0 aromatic heterocycles. The van der Waals surface area contributed by atoms with E-state index in [1.807, 2.05) is 6.92 Å². The highest BCUT2D eigenvalue weighted by molar-refractivity contribution is 4.84. The summed E-state index contributed by atoms with van der Waals surface area (Å²) in [7, 11) is 0. The van der Waals surface area contributed by atoms with E-state index < -0.39 is 0 Å². The van der Waals surface area contributed by atoms with Crippen LogP contribution in [-0.4, -0.2) is 24.0 Å². The molecule has 2 nitrogen and oxygen atoms in total. The van der Waals surface area contributed by atoms with Crippen molar-refractivity contribution in [2.24, 2.45) is 5.92 Å². The van der Waals surface area contributed by atoms with Crippen LogP contribution >= 0.6 is 0 Å². The summed E-state index contributed by atoms with van der Waals surface area (Å²) in [6.07, 6.45) is 3.97. The molecule has 0 amide bonds. The average molecular weight is 166 g/mol. The minimum absolute atomic E-state index is 0.186. The summed E-state index contributed by atoms with van der Waals surface area (Å²) in [5.41, 5.74) is 0. The minimum atomic E-state index is 0.186. The van der Waals surface area contributed by atoms with Crippen LogP contribution in [-0.2, 0) is 0 Å². The second-order valence-corrected chi connectivity index (χ2v) is 3.87. The van der Waals surface area contributed by atoms with E-state index in [4.69, 9.17) is 5.26 Å². The molecule has 1 saturated heterocycles. The Hall–Kier alpha value is -0.550. The first-order valence-corrected chi connectivity index (χ1v) is 4.87. The largest absolute Gasteiger partial charge is 0.299 e. The molecule has 1 heterocycles. The van der Waals surface area contributed by atoms with Gasteiger partial charge in [-0.3, -0.25) is 4.90 Å². The molecule has 0 saturated carbocycles. The van der Waals surface area contributed by atoms with Gasteiger partial charge in [0.25, 0.3) is 0 Å². The molecular weight excluding hydrogens is 148 g/mol. The highest BCUT2D eigenvalue weighted by atomic mass is 15.2. The van der Waals surface area contributed by atoms with Crippen LogP contribution in [0.4, 0.5) is 0 Å². The van der Waals surface area contributed by atoms with Gasteiger partial charge in [0.1, 0.15) is 0 Å². The van der Waals surface area contributed by atoms with Crippen LogP contribution in [0.15, 0.2) is 0 Å². The van der Waals surface area contributed by atoms with Crippen molar-refractivity contribution in [2.45, 2.75) is 39.2 Å². The maximum Gasteiger partial charge on any atom is 0.0666 e. The number of piperidine rings is 1. The van der Waals surface area contributed by atoms with Crippen molar-refractivity contribution < 1.29 is 0 Å². The van der Waals surface area contributed by atoms with E-state index >= 15 is 0 Å². The second kappa shape index (κ2) is 4.47. The van der Waals surface area contributed by atoms with Gasteiger partial charge in [-0.25, -0.2) is 0 Å². The fraction of sp³-hybridized carbons (Fsp3) is 0.900. The Bertz CT molecular complexity index is 171. The van der Waals surface area contributed by atoms with Gasteiger partial charge in [0.2, 0.25) is 0 Å². The summed E-state index contributed by atoms with van der Waals surface area (Å²) in [5.74, 6) is 0.186. The van der Waals surface area contributed by atoms with E-state index in [1.54, 1.807) is 0 Å². The predicted molar refractivity (Wildman–Crippen MR) is 49.7 cm³/mol. The SMILES string of the molecule is CC(C#N)CN1CCCCC1C. The van der Waals surface area contributed by atoms with Crippen molar-refractivity contribution in [3.63, 3.8) is 0 Å². The lowest BCUT2D eigenvalue weighted by Crippen LogP contribution is -2.39. The molecule has 1 rings (SSSR count). The highest BCUT2D eigenvalue weighted by Gasteiger charge is 2.19. The lowest BCUT2D eigenvalue weighted by atomic mass is 10.0. The monoisotopic (exact) mass is 166 g/mol. The van der Waals surface area contributed by atoms with E-state index in [1.165, 1.54) is 25.8 Å². The Morgan fingerprint density at radius 3 is 2.92 bits per heavy atom. The molecular formula is C10H18N2. The van der Waals surface area contributed by atoms with Crippen LogP contribution in [0.25, 0.3) is 0 Å². The van der Waals surface area contributed by atoms with Crippen LogP contribution < -0.4 is 0 Å². The van der Waals surface area contributed by atoms with Crippen LogP contribution in [0.5, 0.6) is 0 Å². The molecule has 2 unspecified atom stereocenters. The minimum Gasteiger partial charge on any atom is -0.299 e. The molecule has 0 aliphatic carbocycles. The van der Waals surface area contributed by atoms with Gasteiger partial charge in [-0.05, 0) is 33.2 Å². The molecule has 0 spiro atoms. The third kappa shape index (κ3) is 2.49. The van der Waals surface area contributed by atoms with Crippen molar-refractivity contribution in [1.29, 1.82) is 5.26 Å². The quantitative estimate of drug-likeness (QED) is 0.627. The topological polar surface area (TPSA) is 27.0 Å². The molecule has 1 fully saturated rings. The smallest absolute Gasteiger partial charge is 0.0666 e. The third-order valence-electron chi connectivity index (χ3n) is 2.67. The predicted octanol–water partition coefficient (Wildman–Crippen LogP) is 2.02. The Labute approximate surface area is 75.2 Å². The molecule has 0 N–H and O–H groups in total. The molecule has 0 radical (unpaired) electrons. The lowest BCUT2D eigenvalue weighted by Gasteiger charge is -2.33. The summed E-state index contributed by atoms with van der Waals surface area (Å²) >= 11 is 0. The molecule has 2 heteroatoms. The zero-order valence-corrected chi connectivity index (χ0v) is 8.08. The highest BCUT2D eigenvalue weighted by Crippen LogP contribution is 2.17. The number of nitriles is 1. The van der Waals surface area contributed by atoms with Gasteiger partial charge in [-0.15, -0.1) is 0 Å². The van der Waals surface area contributed by atoms with Crippen molar-refractivity contribution in [3.05, 3.63) is 0 Å². The Morgan fingerprint density at radius 1 is 1.58 bits per heavy atom. The van der Waals surface area contributed by atoms with Crippen LogP contribution in [0, 0.1) is 17.2 Å². The number of hydrogen-bond donors (Lipinski definition) is 0. The van der Waals surface area contributed by atoms with Gasteiger partial charge in [0, 0.05) is 12.6 Å². The number of likely N-dealkylation sites (tertiary alicyclic amines) is 1. The van der Waals surface area contributed by atoms with Crippen molar-refractivity contribution in [2.75, 3.05) is 13.1 Å². The van der Waals surface area contributed by atoms with Gasteiger partial charge in [0.05, 0.1) is 12.0 Å². The first kappa shape index (κ1) is 9.54. The van der Waals surface area contributed by atoms with Crippen LogP contribution in [0.2, 0.25) is 0 Å². The van der Waals surface area contributed by atoms with E-state index in [-0.39, 0.29) is 5.92 Å². The lowest BCUT2D eigenvalue weighted by molar-refractivity contribution is 0.150. The van der Waals surface area contributed by atoms with Gasteiger partial charge in [-0.1, -0.05) is 6.42 Å². The third-order valence-corrected chi connectivity index (χ3v) is 2.67. The van der Waals surface area contributed by atoms with E-state index in [2.05, 4.69) is 17.9 Å². The summed E-state index contributed by atoms with van der Waals surface area (Å²) in [6, 6.07) is 2.98. The molecule has 0 aromatic carbocycles. The Balaban J connectivity index is 2.35. The average Bonchev–Trinajstić information content (AvgIpc) is 2.09. The van der Waals surface area contributed by atoms with Crippen LogP contribution in [0.3, 0.4) is 0 Å². The summed E-state index contributed by atoms with van der Waals surface area (Å²) in [4.78, 5) is 2.44. The Morgan fingerprint density at radius 2 is 2.33 bits per heavy atom. The van der Waals surface area contributed by atoms with Crippen LogP contribution in [0.1, 0.15) is 33.1 Å². The van der Waals surface area contributed by atoms with Gasteiger partial charge in [0.15, 0.2) is 0 Å². The standard InChI is InChI=1S/C10H18N2/c1-9(7-11)8-12-6-4-3-5-10(12)2/h9-10H,3-6,8H2,1-2H3. The molecule has 2 atom stereocenters. The molecule has 68 valence electrons. The second-order valence-electron chi connectivity index (χ2n) is 3.87. The first-order chi connectivity index (χ1) is 5.74. The summed E-state index contributed by atoms with van der Waals surface area (Å²) < 4.78 is 0. The molecule has 0 aromatic rings. The van der Waals surface area contributed by atoms with Crippen molar-refractivity contribution >= 4 is 0 Å². The summed E-state index contributed by atoms with van der Waals surface area (Å²) in [5, 5.41) is 8.68. The first-order valence-electron chi connectivity index (χ1n) is 4.87. The van der Waals surface area contributed by atoms with Gasteiger partial charge >= 0.3 is 0 Å². The van der Waals surface area contributed by atoms with Gasteiger partial charge < -0.3 is 0 Å². The normalized spacial score (nSPS) is 27.9. The molecule has 1 aliphatic heterocycles. The molecule has 0 bridgehead atoms. The zero-order chi connectivity index (χ0) is 8.97. The number of nitrogens with zero attached hydrogens (tertiary/aromatic N) is 2. The number of rotatable bonds is 2.